The van der Waals surface area contributed by atoms with Gasteiger partial charge in [-0.3, -0.25) is 14.8 Å². The average molecular weight is 401 g/mol. The Hall–Kier alpha value is -3.05. The van der Waals surface area contributed by atoms with Crippen LogP contribution in [0.1, 0.15) is 48.0 Å². The zero-order valence-electron chi connectivity index (χ0n) is 17.3. The van der Waals surface area contributed by atoms with Crippen molar-refractivity contribution in [2.45, 2.75) is 38.6 Å². The van der Waals surface area contributed by atoms with E-state index in [-0.39, 0.29) is 5.91 Å². The Bertz CT molecular complexity index is 959. The molecule has 0 spiro atoms. The topological polar surface area (TPSA) is 58.1 Å². The summed E-state index contributed by atoms with van der Waals surface area (Å²) in [5.74, 6) is 0.00976. The van der Waals surface area contributed by atoms with E-state index in [0.29, 0.717) is 12.1 Å². The lowest BCUT2D eigenvalue weighted by molar-refractivity contribution is 0.0986. The van der Waals surface area contributed by atoms with Gasteiger partial charge in [0.05, 0.1) is 5.56 Å². The molecule has 3 heterocycles. The van der Waals surface area contributed by atoms with Crippen LogP contribution in [0.4, 0.5) is 5.69 Å². The second-order valence-corrected chi connectivity index (χ2v) is 7.73. The van der Waals surface area contributed by atoms with Gasteiger partial charge in [0.2, 0.25) is 0 Å². The van der Waals surface area contributed by atoms with E-state index in [1.807, 2.05) is 29.3 Å². The van der Waals surface area contributed by atoms with Gasteiger partial charge in [-0.2, -0.15) is 0 Å². The van der Waals surface area contributed by atoms with Gasteiger partial charge in [-0.05, 0) is 66.4 Å². The van der Waals surface area contributed by atoms with Crippen LogP contribution in [-0.2, 0) is 6.54 Å². The largest absolute Gasteiger partial charge is 0.313 e. The average Bonchev–Trinajstić information content (AvgIpc) is 2.80. The van der Waals surface area contributed by atoms with Crippen LogP contribution >= 0.6 is 0 Å². The quantitative estimate of drug-likeness (QED) is 0.668. The fourth-order valence-electron chi connectivity index (χ4n) is 3.95. The van der Waals surface area contributed by atoms with Gasteiger partial charge in [-0.1, -0.05) is 31.4 Å². The number of nitrogens with one attached hydrogen (secondary N) is 1. The number of hydrogen-bond donors (Lipinski definition) is 1. The van der Waals surface area contributed by atoms with Gasteiger partial charge in [0.1, 0.15) is 0 Å². The molecule has 154 valence electrons. The van der Waals surface area contributed by atoms with Gasteiger partial charge >= 0.3 is 0 Å². The highest BCUT2D eigenvalue weighted by Gasteiger charge is 2.21. The molecular formula is C25H28N4O. The summed E-state index contributed by atoms with van der Waals surface area (Å²) in [7, 11) is 0. The summed E-state index contributed by atoms with van der Waals surface area (Å²) in [4.78, 5) is 23.7. The summed E-state index contributed by atoms with van der Waals surface area (Å²) in [6.07, 6.45) is 12.8. The van der Waals surface area contributed by atoms with E-state index in [1.165, 1.54) is 19.3 Å². The monoisotopic (exact) mass is 400 g/mol. The maximum atomic E-state index is 13.4. The zero-order valence-corrected chi connectivity index (χ0v) is 17.3. The van der Waals surface area contributed by atoms with Gasteiger partial charge in [0, 0.05) is 43.6 Å². The summed E-state index contributed by atoms with van der Waals surface area (Å²) < 4.78 is 0. The molecule has 0 radical (unpaired) electrons. The molecule has 0 saturated heterocycles. The normalized spacial score (nSPS) is 15.5. The molecular weight excluding hydrogens is 372 g/mol. The van der Waals surface area contributed by atoms with Crippen LogP contribution in [0.5, 0.6) is 0 Å². The molecule has 0 unspecified atom stereocenters. The predicted octanol–water partition coefficient (Wildman–Crippen LogP) is 4.84. The molecule has 5 nitrogen and oxygen atoms in total. The van der Waals surface area contributed by atoms with E-state index >= 15 is 0 Å². The number of anilines is 1. The molecule has 0 bridgehead atoms. The van der Waals surface area contributed by atoms with Crippen molar-refractivity contribution in [3.05, 3.63) is 78.4 Å². The highest BCUT2D eigenvalue weighted by molar-refractivity contribution is 6.06. The molecule has 0 fully saturated rings. The number of fused-ring (bicyclic) bond motifs is 1. The molecule has 2 aromatic heterocycles. The van der Waals surface area contributed by atoms with Crippen LogP contribution in [0, 0.1) is 0 Å². The third-order valence-corrected chi connectivity index (χ3v) is 5.57. The van der Waals surface area contributed by atoms with Crippen molar-refractivity contribution in [3.8, 4) is 11.1 Å². The Morgan fingerprint density at radius 3 is 2.47 bits per heavy atom. The van der Waals surface area contributed by atoms with Crippen LogP contribution in [0.25, 0.3) is 11.1 Å². The Morgan fingerprint density at radius 1 is 0.867 bits per heavy atom. The first-order valence-corrected chi connectivity index (χ1v) is 10.8. The minimum Gasteiger partial charge on any atom is -0.313 e. The molecule has 0 atom stereocenters. The van der Waals surface area contributed by atoms with Gasteiger partial charge in [-0.15, -0.1) is 0 Å². The van der Waals surface area contributed by atoms with E-state index in [2.05, 4.69) is 39.6 Å². The van der Waals surface area contributed by atoms with Gasteiger partial charge < -0.3 is 10.2 Å². The van der Waals surface area contributed by atoms with E-state index in [0.717, 1.165) is 48.3 Å². The van der Waals surface area contributed by atoms with E-state index in [1.54, 1.807) is 18.6 Å². The number of benzene rings is 1. The highest BCUT2D eigenvalue weighted by Crippen LogP contribution is 2.29. The first-order chi connectivity index (χ1) is 14.8. The van der Waals surface area contributed by atoms with E-state index < -0.39 is 0 Å². The van der Waals surface area contributed by atoms with Crippen molar-refractivity contribution < 1.29 is 4.79 Å². The molecule has 0 aliphatic carbocycles. The smallest absolute Gasteiger partial charge is 0.259 e. The van der Waals surface area contributed by atoms with Crippen molar-refractivity contribution >= 4 is 11.6 Å². The Balaban J connectivity index is 1.73. The summed E-state index contributed by atoms with van der Waals surface area (Å²) in [5, 5.41) is 3.57. The van der Waals surface area contributed by atoms with E-state index in [9.17, 15) is 4.79 Å². The van der Waals surface area contributed by atoms with Gasteiger partial charge in [-0.25, -0.2) is 0 Å². The second kappa shape index (κ2) is 10.1. The molecule has 5 heteroatoms. The van der Waals surface area contributed by atoms with Crippen LogP contribution in [0.15, 0.2) is 67.3 Å². The molecule has 4 rings (SSSR count). The van der Waals surface area contributed by atoms with Gasteiger partial charge in [0.15, 0.2) is 0 Å². The number of carbonyl (C=O) groups is 1. The fraction of sp³-hybridized carbons (Fsp3) is 0.320. The molecule has 1 N–H and O–H groups in total. The zero-order chi connectivity index (χ0) is 20.6. The molecule has 3 aromatic rings. The Kier molecular flexibility index (Phi) is 6.83. The SMILES string of the molecule is O=C(c1cccnc1)N1CCCCCCCNCc2cc(-c3cccnc3)ccc21. The summed E-state index contributed by atoms with van der Waals surface area (Å²) >= 11 is 0. The number of amides is 1. The Morgan fingerprint density at radius 2 is 1.67 bits per heavy atom. The number of pyridine rings is 2. The van der Waals surface area contributed by atoms with Crippen molar-refractivity contribution in [2.24, 2.45) is 0 Å². The van der Waals surface area contributed by atoms with Crippen LogP contribution in [-0.4, -0.2) is 29.0 Å². The number of nitrogens with zero attached hydrogens (tertiary/aromatic N) is 3. The van der Waals surface area contributed by atoms with Crippen LogP contribution in [0.2, 0.25) is 0 Å². The molecule has 1 aliphatic heterocycles. The first kappa shape index (κ1) is 20.2. The van der Waals surface area contributed by atoms with Crippen LogP contribution < -0.4 is 10.2 Å². The third-order valence-electron chi connectivity index (χ3n) is 5.57. The number of aromatic nitrogens is 2. The van der Waals surface area contributed by atoms with Gasteiger partial charge in [0.25, 0.3) is 5.91 Å². The van der Waals surface area contributed by atoms with Crippen molar-refractivity contribution in [2.75, 3.05) is 18.0 Å². The summed E-state index contributed by atoms with van der Waals surface area (Å²) in [5.41, 5.74) is 4.93. The second-order valence-electron chi connectivity index (χ2n) is 7.73. The van der Waals surface area contributed by atoms with E-state index in [4.69, 9.17) is 0 Å². The number of hydrogen-bond acceptors (Lipinski definition) is 4. The minimum absolute atomic E-state index is 0.00976. The lowest BCUT2D eigenvalue weighted by atomic mass is 10.0. The lowest BCUT2D eigenvalue weighted by Crippen LogP contribution is -2.33. The summed E-state index contributed by atoms with van der Waals surface area (Å²) in [6, 6.07) is 14.0. The maximum Gasteiger partial charge on any atom is 0.259 e. The number of rotatable bonds is 2. The molecule has 1 amide bonds. The third kappa shape index (κ3) is 4.92. The fourth-order valence-corrected chi connectivity index (χ4v) is 3.95. The van der Waals surface area contributed by atoms with Crippen molar-refractivity contribution in [3.63, 3.8) is 0 Å². The van der Waals surface area contributed by atoms with Crippen molar-refractivity contribution in [1.29, 1.82) is 0 Å². The number of carbonyl (C=O) groups excluding carboxylic acids is 1. The standard InChI is InChI=1S/C25H28N4O/c30-25(22-9-7-14-28-18-22)29-15-5-3-1-2-4-12-26-19-23-16-20(10-11-24(23)29)21-8-6-13-27-17-21/h6-11,13-14,16-18,26H,1-5,12,15,19H2. The minimum atomic E-state index is 0.00976. The molecule has 1 aromatic carbocycles. The summed E-state index contributed by atoms with van der Waals surface area (Å²) in [6.45, 7) is 2.44. The molecule has 30 heavy (non-hydrogen) atoms. The highest BCUT2D eigenvalue weighted by atomic mass is 16.2. The van der Waals surface area contributed by atoms with Crippen LogP contribution in [0.3, 0.4) is 0 Å². The molecule has 0 saturated carbocycles. The Labute approximate surface area is 178 Å². The molecule has 1 aliphatic rings. The van der Waals surface area contributed by atoms with Crippen molar-refractivity contribution in [1.82, 2.24) is 15.3 Å². The predicted molar refractivity (Wildman–Crippen MR) is 120 cm³/mol. The lowest BCUT2D eigenvalue weighted by Gasteiger charge is -2.27. The maximum absolute atomic E-state index is 13.4. The first-order valence-electron chi connectivity index (χ1n) is 10.8.